The number of ether oxygens (including phenoxy) is 1. The van der Waals surface area contributed by atoms with Gasteiger partial charge in [0.1, 0.15) is 11.5 Å². The fourth-order valence-electron chi connectivity index (χ4n) is 2.63. The van der Waals surface area contributed by atoms with Crippen molar-refractivity contribution in [3.05, 3.63) is 65.5 Å². The number of ketones is 1. The number of fused-ring (bicyclic) bond motifs is 1. The largest absolute Gasteiger partial charge is 0.456 e. The highest BCUT2D eigenvalue weighted by Crippen LogP contribution is 2.33. The van der Waals surface area contributed by atoms with Crippen LogP contribution >= 0.6 is 0 Å². The third-order valence-corrected chi connectivity index (χ3v) is 3.90. The van der Waals surface area contributed by atoms with Crippen molar-refractivity contribution in [3.8, 4) is 5.75 Å². The summed E-state index contributed by atoms with van der Waals surface area (Å²) >= 11 is 0. The Balaban J connectivity index is 1.93. The average Bonchev–Trinajstić information content (AvgIpc) is 2.56. The highest BCUT2D eigenvalue weighted by atomic mass is 16.5. The van der Waals surface area contributed by atoms with E-state index in [0.717, 1.165) is 41.4 Å². The van der Waals surface area contributed by atoms with Crippen LogP contribution in [0.4, 0.5) is 5.69 Å². The summed E-state index contributed by atoms with van der Waals surface area (Å²) in [6.07, 6.45) is 10.7. The lowest BCUT2D eigenvalue weighted by Gasteiger charge is -2.24. The normalized spacial score (nSPS) is 15.8. The molecule has 0 radical (unpaired) electrons. The Hall–Kier alpha value is -2.55. The molecule has 0 unspecified atom stereocenters. The first kappa shape index (κ1) is 14.4. The molecule has 0 atom stereocenters. The maximum absolute atomic E-state index is 11.2. The lowest BCUT2D eigenvalue weighted by Crippen LogP contribution is -2.21. The molecule has 1 aliphatic carbocycles. The first-order valence-corrected chi connectivity index (χ1v) is 7.60. The monoisotopic (exact) mass is 293 g/mol. The fraction of sp³-hybridized carbons (Fsp3) is 0.211. The Morgan fingerprint density at radius 2 is 1.68 bits per heavy atom. The van der Waals surface area contributed by atoms with Gasteiger partial charge in [0.25, 0.3) is 0 Å². The Morgan fingerprint density at radius 3 is 2.36 bits per heavy atom. The molecule has 0 bridgehead atoms. The average molecular weight is 293 g/mol. The zero-order valence-electron chi connectivity index (χ0n) is 12.9. The molecule has 0 amide bonds. The van der Waals surface area contributed by atoms with Gasteiger partial charge in [-0.15, -0.1) is 0 Å². The van der Waals surface area contributed by atoms with Gasteiger partial charge in [0.15, 0.2) is 5.78 Å². The van der Waals surface area contributed by atoms with E-state index in [1.807, 2.05) is 12.2 Å². The van der Waals surface area contributed by atoms with Crippen LogP contribution in [0.3, 0.4) is 0 Å². The van der Waals surface area contributed by atoms with Crippen LogP contribution in [0.25, 0.3) is 6.08 Å². The molecular formula is C19H19NO2. The van der Waals surface area contributed by atoms with E-state index in [-0.39, 0.29) is 5.78 Å². The van der Waals surface area contributed by atoms with Crippen LogP contribution in [0, 0.1) is 0 Å². The van der Waals surface area contributed by atoms with Crippen LogP contribution < -0.4 is 9.64 Å². The zero-order chi connectivity index (χ0) is 15.5. The molecular weight excluding hydrogens is 274 g/mol. The summed E-state index contributed by atoms with van der Waals surface area (Å²) in [7, 11) is 0. The standard InChI is InChI=1S/C19H19NO2/c1-3-20(4-2)16-9-5-15-8-12-18(22-19(15)13-16)14-6-10-17(21)11-7-14/h5-13H,3-4H2,1-2H3. The second-order valence-corrected chi connectivity index (χ2v) is 5.22. The Bertz CT molecular complexity index is 701. The molecule has 1 aromatic carbocycles. The van der Waals surface area contributed by atoms with E-state index < -0.39 is 0 Å². The number of nitrogens with zero attached hydrogens (tertiary/aromatic N) is 1. The van der Waals surface area contributed by atoms with Crippen molar-refractivity contribution in [2.75, 3.05) is 18.0 Å². The van der Waals surface area contributed by atoms with Gasteiger partial charge in [-0.1, -0.05) is 0 Å². The maximum atomic E-state index is 11.2. The number of benzene rings is 1. The summed E-state index contributed by atoms with van der Waals surface area (Å²) in [5.41, 5.74) is 3.14. The third-order valence-electron chi connectivity index (χ3n) is 3.90. The van der Waals surface area contributed by atoms with E-state index in [1.165, 1.54) is 0 Å². The fourth-order valence-corrected chi connectivity index (χ4v) is 2.63. The zero-order valence-corrected chi connectivity index (χ0v) is 12.9. The van der Waals surface area contributed by atoms with Crippen LogP contribution in [0.15, 0.2) is 59.9 Å². The molecule has 0 aromatic heterocycles. The van der Waals surface area contributed by atoms with Crippen LogP contribution in [-0.4, -0.2) is 18.9 Å². The first-order chi connectivity index (χ1) is 10.7. The highest BCUT2D eigenvalue weighted by molar-refractivity contribution is 6.01. The van der Waals surface area contributed by atoms with Gasteiger partial charge < -0.3 is 9.64 Å². The smallest absolute Gasteiger partial charge is 0.178 e. The number of carbonyl (C=O) groups is 1. The summed E-state index contributed by atoms with van der Waals surface area (Å²) < 4.78 is 6.04. The molecule has 1 aromatic rings. The van der Waals surface area contributed by atoms with Crippen molar-refractivity contribution in [3.63, 3.8) is 0 Å². The van der Waals surface area contributed by atoms with Gasteiger partial charge in [-0.2, -0.15) is 0 Å². The highest BCUT2D eigenvalue weighted by Gasteiger charge is 2.14. The quantitative estimate of drug-likeness (QED) is 0.847. The topological polar surface area (TPSA) is 29.5 Å². The van der Waals surface area contributed by atoms with E-state index >= 15 is 0 Å². The van der Waals surface area contributed by atoms with Gasteiger partial charge >= 0.3 is 0 Å². The predicted molar refractivity (Wildman–Crippen MR) is 90.0 cm³/mol. The van der Waals surface area contributed by atoms with Crippen molar-refractivity contribution >= 4 is 17.5 Å². The number of anilines is 1. The van der Waals surface area contributed by atoms with Crippen molar-refractivity contribution in [2.24, 2.45) is 0 Å². The van der Waals surface area contributed by atoms with E-state index in [2.05, 4.69) is 36.9 Å². The summed E-state index contributed by atoms with van der Waals surface area (Å²) in [6.45, 7) is 6.22. The minimum absolute atomic E-state index is 0.00774. The van der Waals surface area contributed by atoms with Crippen LogP contribution in [-0.2, 0) is 4.79 Å². The van der Waals surface area contributed by atoms with Gasteiger partial charge in [-0.05, 0) is 62.4 Å². The summed E-state index contributed by atoms with van der Waals surface area (Å²) in [6, 6.07) is 6.28. The van der Waals surface area contributed by atoms with E-state index in [9.17, 15) is 4.79 Å². The Kier molecular flexibility index (Phi) is 3.96. The van der Waals surface area contributed by atoms with Gasteiger partial charge in [-0.3, -0.25) is 4.79 Å². The second kappa shape index (κ2) is 6.06. The summed E-state index contributed by atoms with van der Waals surface area (Å²) in [4.78, 5) is 13.5. The van der Waals surface area contributed by atoms with Crippen LogP contribution in [0.2, 0.25) is 0 Å². The predicted octanol–water partition coefficient (Wildman–Crippen LogP) is 3.89. The minimum Gasteiger partial charge on any atom is -0.456 e. The molecule has 3 heteroatoms. The molecule has 3 rings (SSSR count). The van der Waals surface area contributed by atoms with Gasteiger partial charge in [-0.25, -0.2) is 0 Å². The SMILES string of the molecule is CCN(CC)c1ccc2c(c1)OC(=C1C=CC(=O)C=C1)C=C2. The van der Waals surface area contributed by atoms with Crippen LogP contribution in [0.5, 0.6) is 5.75 Å². The number of carbonyl (C=O) groups excluding carboxylic acids is 1. The molecule has 22 heavy (non-hydrogen) atoms. The summed E-state index contributed by atoms with van der Waals surface area (Å²) in [5, 5.41) is 0. The van der Waals surface area contributed by atoms with Gasteiger partial charge in [0, 0.05) is 36.0 Å². The molecule has 0 saturated carbocycles. The number of rotatable bonds is 3. The van der Waals surface area contributed by atoms with E-state index in [0.29, 0.717) is 0 Å². The molecule has 0 N–H and O–H groups in total. The number of hydrogen-bond donors (Lipinski definition) is 0. The van der Waals surface area contributed by atoms with Gasteiger partial charge in [0.2, 0.25) is 0 Å². The molecule has 2 aliphatic rings. The first-order valence-electron chi connectivity index (χ1n) is 7.60. The third kappa shape index (κ3) is 2.75. The van der Waals surface area contributed by atoms with Crippen molar-refractivity contribution in [1.29, 1.82) is 0 Å². The van der Waals surface area contributed by atoms with Crippen molar-refractivity contribution in [2.45, 2.75) is 13.8 Å². The summed E-state index contributed by atoms with van der Waals surface area (Å²) in [5.74, 6) is 1.63. The van der Waals surface area contributed by atoms with E-state index in [4.69, 9.17) is 4.74 Å². The lowest BCUT2D eigenvalue weighted by atomic mass is 10.0. The molecule has 0 spiro atoms. The molecule has 1 heterocycles. The molecule has 0 fully saturated rings. The van der Waals surface area contributed by atoms with Crippen LogP contribution in [0.1, 0.15) is 19.4 Å². The second-order valence-electron chi connectivity index (χ2n) is 5.22. The molecule has 0 saturated heterocycles. The van der Waals surface area contributed by atoms with E-state index in [1.54, 1.807) is 24.3 Å². The van der Waals surface area contributed by atoms with Crippen molar-refractivity contribution < 1.29 is 9.53 Å². The minimum atomic E-state index is 0.00774. The number of allylic oxidation sites excluding steroid dienone is 6. The Morgan fingerprint density at radius 1 is 0.955 bits per heavy atom. The molecule has 1 aliphatic heterocycles. The molecule has 112 valence electrons. The molecule has 3 nitrogen and oxygen atoms in total. The van der Waals surface area contributed by atoms with Crippen molar-refractivity contribution in [1.82, 2.24) is 0 Å². The Labute approximate surface area is 130 Å². The number of hydrogen-bond acceptors (Lipinski definition) is 3. The lowest BCUT2D eigenvalue weighted by molar-refractivity contribution is -0.110. The van der Waals surface area contributed by atoms with Gasteiger partial charge in [0.05, 0.1) is 0 Å². The maximum Gasteiger partial charge on any atom is 0.178 e.